The zero-order chi connectivity index (χ0) is 16.9. The average Bonchev–Trinajstić information content (AvgIpc) is 2.92. The third kappa shape index (κ3) is 3.58. The van der Waals surface area contributed by atoms with Gasteiger partial charge < -0.3 is 20.7 Å². The van der Waals surface area contributed by atoms with Crippen LogP contribution >= 0.6 is 0 Å². The Hall–Kier alpha value is -2.79. The van der Waals surface area contributed by atoms with Crippen LogP contribution in [0.4, 0.5) is 4.79 Å². The molecule has 0 aliphatic heterocycles. The summed E-state index contributed by atoms with van der Waals surface area (Å²) in [4.78, 5) is 10.7. The fraction of sp³-hybridized carbons (Fsp3) is 0.211. The number of benzene rings is 2. The van der Waals surface area contributed by atoms with Crippen LogP contribution in [0.3, 0.4) is 0 Å². The second-order valence-electron chi connectivity index (χ2n) is 5.81. The van der Waals surface area contributed by atoms with Gasteiger partial charge in [0.25, 0.3) is 0 Å². The van der Waals surface area contributed by atoms with Gasteiger partial charge in [-0.1, -0.05) is 42.5 Å². The van der Waals surface area contributed by atoms with Gasteiger partial charge in [-0.05, 0) is 29.2 Å². The van der Waals surface area contributed by atoms with Crippen molar-refractivity contribution in [2.75, 3.05) is 6.54 Å². The molecule has 124 valence electrons. The molecule has 2 aromatic carbocycles. The molecular formula is C19H21N3O2. The Morgan fingerprint density at radius 3 is 2.62 bits per heavy atom. The van der Waals surface area contributed by atoms with Gasteiger partial charge in [0.2, 0.25) is 0 Å². The first kappa shape index (κ1) is 16.1. The summed E-state index contributed by atoms with van der Waals surface area (Å²) in [6.07, 6.45) is 1.78. The molecule has 0 radical (unpaired) electrons. The minimum Gasteiger partial charge on any atom is -0.465 e. The summed E-state index contributed by atoms with van der Waals surface area (Å²) in [6.45, 7) is 1.68. The molecule has 5 heteroatoms. The molecule has 5 nitrogen and oxygen atoms in total. The first-order chi connectivity index (χ1) is 11.7. The summed E-state index contributed by atoms with van der Waals surface area (Å²) >= 11 is 0. The van der Waals surface area contributed by atoms with E-state index < -0.39 is 6.09 Å². The smallest absolute Gasteiger partial charge is 0.404 e. The number of fused-ring (bicyclic) bond motifs is 1. The van der Waals surface area contributed by atoms with Crippen molar-refractivity contribution in [3.8, 4) is 0 Å². The van der Waals surface area contributed by atoms with E-state index in [0.717, 1.165) is 28.6 Å². The van der Waals surface area contributed by atoms with Crippen LogP contribution in [0, 0.1) is 0 Å². The fourth-order valence-corrected chi connectivity index (χ4v) is 2.95. The lowest BCUT2D eigenvalue weighted by molar-refractivity contribution is 0.194. The van der Waals surface area contributed by atoms with Crippen LogP contribution in [0.1, 0.15) is 16.7 Å². The van der Waals surface area contributed by atoms with Gasteiger partial charge in [-0.2, -0.15) is 0 Å². The minimum absolute atomic E-state index is 0.401. The second kappa shape index (κ2) is 7.19. The van der Waals surface area contributed by atoms with E-state index in [4.69, 9.17) is 10.8 Å². The standard InChI is InChI=1S/C19H21N3O2/c20-11-15-6-7-17-16(8-9-21-19(23)24)13-22(18(17)10-15)12-14-4-2-1-3-5-14/h1-7,10,13,21H,8-9,11-12,20H2,(H,23,24). The highest BCUT2D eigenvalue weighted by Gasteiger charge is 2.10. The Kier molecular flexibility index (Phi) is 4.82. The van der Waals surface area contributed by atoms with E-state index in [9.17, 15) is 4.79 Å². The molecular weight excluding hydrogens is 302 g/mol. The Bertz CT molecular complexity index is 840. The van der Waals surface area contributed by atoms with Crippen molar-refractivity contribution < 1.29 is 9.90 Å². The predicted molar refractivity (Wildman–Crippen MR) is 95.1 cm³/mol. The largest absolute Gasteiger partial charge is 0.465 e. The number of rotatable bonds is 6. The number of hydrogen-bond donors (Lipinski definition) is 3. The highest BCUT2D eigenvalue weighted by molar-refractivity contribution is 5.85. The van der Waals surface area contributed by atoms with E-state index >= 15 is 0 Å². The zero-order valence-corrected chi connectivity index (χ0v) is 13.4. The maximum atomic E-state index is 10.7. The van der Waals surface area contributed by atoms with E-state index in [-0.39, 0.29) is 0 Å². The first-order valence-electron chi connectivity index (χ1n) is 7.99. The molecule has 0 atom stereocenters. The number of hydrogen-bond acceptors (Lipinski definition) is 2. The zero-order valence-electron chi connectivity index (χ0n) is 13.4. The maximum Gasteiger partial charge on any atom is 0.404 e. The van der Waals surface area contributed by atoms with E-state index in [2.05, 4.69) is 40.3 Å². The summed E-state index contributed by atoms with van der Waals surface area (Å²) in [5.74, 6) is 0. The Morgan fingerprint density at radius 1 is 1.12 bits per heavy atom. The maximum absolute atomic E-state index is 10.7. The van der Waals surface area contributed by atoms with Gasteiger partial charge in [-0.25, -0.2) is 4.79 Å². The van der Waals surface area contributed by atoms with Crippen LogP contribution in [-0.2, 0) is 19.5 Å². The van der Waals surface area contributed by atoms with Gasteiger partial charge in [0.1, 0.15) is 0 Å². The minimum atomic E-state index is -0.992. The molecule has 3 aromatic rings. The van der Waals surface area contributed by atoms with Gasteiger partial charge in [-0.3, -0.25) is 0 Å². The highest BCUT2D eigenvalue weighted by atomic mass is 16.4. The lowest BCUT2D eigenvalue weighted by atomic mass is 10.1. The summed E-state index contributed by atoms with van der Waals surface area (Å²) in [5.41, 5.74) is 10.4. The summed E-state index contributed by atoms with van der Waals surface area (Å²) in [7, 11) is 0. The molecule has 0 fully saturated rings. The highest BCUT2D eigenvalue weighted by Crippen LogP contribution is 2.24. The molecule has 1 amide bonds. The average molecular weight is 323 g/mol. The number of carbonyl (C=O) groups is 1. The molecule has 0 bridgehead atoms. The van der Waals surface area contributed by atoms with Crippen molar-refractivity contribution in [3.63, 3.8) is 0 Å². The Morgan fingerprint density at radius 2 is 1.92 bits per heavy atom. The number of amides is 1. The normalized spacial score (nSPS) is 10.9. The molecule has 1 aromatic heterocycles. The van der Waals surface area contributed by atoms with Crippen molar-refractivity contribution in [2.24, 2.45) is 5.73 Å². The van der Waals surface area contributed by atoms with Crippen LogP contribution in [0.15, 0.2) is 54.7 Å². The third-order valence-corrected chi connectivity index (χ3v) is 4.13. The van der Waals surface area contributed by atoms with Crippen LogP contribution in [0.5, 0.6) is 0 Å². The fourth-order valence-electron chi connectivity index (χ4n) is 2.95. The topological polar surface area (TPSA) is 80.3 Å². The summed E-state index contributed by atoms with van der Waals surface area (Å²) in [5, 5.41) is 12.3. The second-order valence-corrected chi connectivity index (χ2v) is 5.81. The molecule has 1 heterocycles. The molecule has 0 saturated carbocycles. The first-order valence-corrected chi connectivity index (χ1v) is 7.99. The molecule has 0 unspecified atom stereocenters. The summed E-state index contributed by atoms with van der Waals surface area (Å²) in [6, 6.07) is 16.5. The van der Waals surface area contributed by atoms with Crippen molar-refractivity contribution in [3.05, 3.63) is 71.4 Å². The number of nitrogens with two attached hydrogens (primary N) is 1. The molecule has 0 saturated heterocycles. The van der Waals surface area contributed by atoms with Gasteiger partial charge in [0.15, 0.2) is 0 Å². The van der Waals surface area contributed by atoms with Crippen LogP contribution < -0.4 is 11.1 Å². The quantitative estimate of drug-likeness (QED) is 0.652. The number of carboxylic acid groups (broad SMARTS) is 1. The van der Waals surface area contributed by atoms with Crippen molar-refractivity contribution in [1.29, 1.82) is 0 Å². The van der Waals surface area contributed by atoms with Gasteiger partial charge in [0.05, 0.1) is 0 Å². The lowest BCUT2D eigenvalue weighted by Crippen LogP contribution is -2.23. The number of nitrogens with one attached hydrogen (secondary N) is 1. The summed E-state index contributed by atoms with van der Waals surface area (Å²) < 4.78 is 2.21. The van der Waals surface area contributed by atoms with Crippen LogP contribution in [-0.4, -0.2) is 22.3 Å². The van der Waals surface area contributed by atoms with Crippen molar-refractivity contribution in [1.82, 2.24) is 9.88 Å². The van der Waals surface area contributed by atoms with Gasteiger partial charge in [0, 0.05) is 36.7 Å². The Labute approximate surface area is 140 Å². The Balaban J connectivity index is 1.95. The number of nitrogens with zero attached hydrogens (tertiary/aromatic N) is 1. The molecule has 0 aliphatic rings. The number of aromatic nitrogens is 1. The monoisotopic (exact) mass is 323 g/mol. The SMILES string of the molecule is NCc1ccc2c(CCNC(=O)O)cn(Cc3ccccc3)c2c1. The van der Waals surface area contributed by atoms with Gasteiger partial charge in [-0.15, -0.1) is 0 Å². The molecule has 4 N–H and O–H groups in total. The molecule has 0 spiro atoms. The van der Waals surface area contributed by atoms with Crippen LogP contribution in [0.2, 0.25) is 0 Å². The van der Waals surface area contributed by atoms with E-state index in [0.29, 0.717) is 19.5 Å². The van der Waals surface area contributed by atoms with Crippen molar-refractivity contribution in [2.45, 2.75) is 19.5 Å². The molecule has 24 heavy (non-hydrogen) atoms. The molecule has 0 aliphatic carbocycles. The predicted octanol–water partition coefficient (Wildman–Crippen LogP) is 2.96. The lowest BCUT2D eigenvalue weighted by Gasteiger charge is -2.06. The van der Waals surface area contributed by atoms with Crippen molar-refractivity contribution >= 4 is 17.0 Å². The van der Waals surface area contributed by atoms with Gasteiger partial charge >= 0.3 is 6.09 Å². The van der Waals surface area contributed by atoms with Crippen LogP contribution in [0.25, 0.3) is 10.9 Å². The molecule has 3 rings (SSSR count). The van der Waals surface area contributed by atoms with E-state index in [1.54, 1.807) is 0 Å². The van der Waals surface area contributed by atoms with E-state index in [1.165, 1.54) is 5.56 Å². The third-order valence-electron chi connectivity index (χ3n) is 4.13. The van der Waals surface area contributed by atoms with E-state index in [1.807, 2.05) is 24.3 Å².